The quantitative estimate of drug-likeness (QED) is 0.669. The van der Waals surface area contributed by atoms with E-state index in [0.717, 1.165) is 16.9 Å². The van der Waals surface area contributed by atoms with Crippen molar-refractivity contribution in [2.45, 2.75) is 13.0 Å². The molecular weight excluding hydrogens is 290 g/mol. The maximum atomic E-state index is 9.38. The van der Waals surface area contributed by atoms with Crippen molar-refractivity contribution in [3.05, 3.63) is 66.4 Å². The van der Waals surface area contributed by atoms with Crippen LogP contribution >= 0.6 is 0 Å². The minimum atomic E-state index is 0.0259. The molecule has 3 N–H and O–H groups in total. The molecule has 0 spiro atoms. The number of nitrogens with zero attached hydrogens (tertiary/aromatic N) is 3. The number of rotatable bonds is 5. The summed E-state index contributed by atoms with van der Waals surface area (Å²) in [4.78, 5) is 0. The average molecular weight is 307 g/mol. The maximum Gasteiger partial charge on any atom is 0.179 e. The van der Waals surface area contributed by atoms with Gasteiger partial charge in [-0.3, -0.25) is 0 Å². The number of benzene rings is 2. The highest BCUT2D eigenvalue weighted by atomic mass is 16.3. The fourth-order valence-corrected chi connectivity index (χ4v) is 2.20. The Hall–Kier alpha value is -3.15. The Morgan fingerprint density at radius 3 is 2.48 bits per heavy atom. The van der Waals surface area contributed by atoms with Crippen LogP contribution in [-0.4, -0.2) is 20.5 Å². The van der Waals surface area contributed by atoms with E-state index in [1.165, 1.54) is 0 Å². The molecular formula is C17H17N5O. The van der Waals surface area contributed by atoms with Crippen LogP contribution in [0.3, 0.4) is 0 Å². The van der Waals surface area contributed by atoms with E-state index in [-0.39, 0.29) is 11.8 Å². The minimum absolute atomic E-state index is 0.0259. The van der Waals surface area contributed by atoms with Gasteiger partial charge in [-0.15, -0.1) is 10.2 Å². The highest BCUT2D eigenvalue weighted by Crippen LogP contribution is 2.26. The third-order valence-electron chi connectivity index (χ3n) is 3.44. The molecule has 2 aromatic carbocycles. The zero-order valence-electron chi connectivity index (χ0n) is 12.6. The van der Waals surface area contributed by atoms with Crippen LogP contribution in [0.25, 0.3) is 0 Å². The van der Waals surface area contributed by atoms with E-state index in [1.54, 1.807) is 18.3 Å². The van der Waals surface area contributed by atoms with Gasteiger partial charge in [-0.25, -0.2) is 0 Å². The normalized spacial score (nSPS) is 11.7. The zero-order valence-corrected chi connectivity index (χ0v) is 12.6. The Bertz CT molecular complexity index is 761. The van der Waals surface area contributed by atoms with Gasteiger partial charge < -0.3 is 15.7 Å². The first-order chi connectivity index (χ1) is 11.2. The predicted octanol–water partition coefficient (Wildman–Crippen LogP) is 3.49. The van der Waals surface area contributed by atoms with E-state index in [4.69, 9.17) is 0 Å². The van der Waals surface area contributed by atoms with Gasteiger partial charge >= 0.3 is 0 Å². The van der Waals surface area contributed by atoms with Gasteiger partial charge in [0.05, 0.1) is 6.20 Å². The molecule has 1 aromatic heterocycles. The van der Waals surface area contributed by atoms with Gasteiger partial charge in [-0.2, -0.15) is 0 Å². The summed E-state index contributed by atoms with van der Waals surface area (Å²) in [6.07, 6.45) is 1.63. The Morgan fingerprint density at radius 2 is 1.74 bits per heavy atom. The summed E-state index contributed by atoms with van der Waals surface area (Å²) in [6.45, 7) is 2.03. The van der Waals surface area contributed by atoms with Crippen molar-refractivity contribution in [1.29, 1.82) is 0 Å². The lowest BCUT2D eigenvalue weighted by atomic mass is 10.1. The predicted molar refractivity (Wildman–Crippen MR) is 89.7 cm³/mol. The van der Waals surface area contributed by atoms with Crippen molar-refractivity contribution in [2.24, 2.45) is 0 Å². The largest absolute Gasteiger partial charge is 0.508 e. The second kappa shape index (κ2) is 6.74. The van der Waals surface area contributed by atoms with Crippen LogP contribution < -0.4 is 10.6 Å². The Morgan fingerprint density at radius 1 is 1.00 bits per heavy atom. The van der Waals surface area contributed by atoms with E-state index in [1.807, 2.05) is 49.4 Å². The summed E-state index contributed by atoms with van der Waals surface area (Å²) in [5, 5.41) is 27.6. The minimum Gasteiger partial charge on any atom is -0.508 e. The topological polar surface area (TPSA) is 83.0 Å². The highest BCUT2D eigenvalue weighted by Gasteiger charge is 2.10. The molecule has 0 bridgehead atoms. The van der Waals surface area contributed by atoms with Crippen LogP contribution in [0.4, 0.5) is 17.2 Å². The molecule has 116 valence electrons. The number of hydrogen-bond acceptors (Lipinski definition) is 6. The Labute approximate surface area is 134 Å². The smallest absolute Gasteiger partial charge is 0.179 e. The van der Waals surface area contributed by atoms with Gasteiger partial charge in [0, 0.05) is 11.7 Å². The summed E-state index contributed by atoms with van der Waals surface area (Å²) in [5.41, 5.74) is 2.73. The zero-order chi connectivity index (χ0) is 16.1. The lowest BCUT2D eigenvalue weighted by Crippen LogP contribution is -2.10. The van der Waals surface area contributed by atoms with Crippen molar-refractivity contribution in [1.82, 2.24) is 15.4 Å². The molecule has 0 saturated carbocycles. The van der Waals surface area contributed by atoms with E-state index >= 15 is 0 Å². The number of aromatic hydroxyl groups is 1. The third kappa shape index (κ3) is 3.74. The van der Waals surface area contributed by atoms with Gasteiger partial charge in [-0.05, 0) is 42.0 Å². The number of anilines is 3. The van der Waals surface area contributed by atoms with Crippen LogP contribution in [0.2, 0.25) is 0 Å². The first-order valence-electron chi connectivity index (χ1n) is 7.28. The number of phenolic OH excluding ortho intramolecular Hbond substituents is 1. The van der Waals surface area contributed by atoms with Crippen LogP contribution in [0, 0.1) is 0 Å². The van der Waals surface area contributed by atoms with Crippen molar-refractivity contribution >= 4 is 17.2 Å². The van der Waals surface area contributed by atoms with E-state index < -0.39 is 0 Å². The monoisotopic (exact) mass is 307 g/mol. The Kier molecular flexibility index (Phi) is 4.33. The molecule has 3 aromatic rings. The lowest BCUT2D eigenvalue weighted by Gasteiger charge is -2.17. The molecule has 6 heteroatoms. The van der Waals surface area contributed by atoms with Gasteiger partial charge in [-0.1, -0.05) is 30.3 Å². The molecule has 6 nitrogen and oxygen atoms in total. The van der Waals surface area contributed by atoms with Crippen LogP contribution in [-0.2, 0) is 0 Å². The van der Waals surface area contributed by atoms with E-state index in [9.17, 15) is 5.11 Å². The van der Waals surface area contributed by atoms with Crippen molar-refractivity contribution in [3.63, 3.8) is 0 Å². The Balaban J connectivity index is 1.79. The summed E-state index contributed by atoms with van der Waals surface area (Å²) in [5.74, 6) is 0.858. The van der Waals surface area contributed by atoms with Gasteiger partial charge in [0.1, 0.15) is 11.4 Å². The van der Waals surface area contributed by atoms with Gasteiger partial charge in [0.15, 0.2) is 5.82 Å². The molecule has 1 atom stereocenters. The van der Waals surface area contributed by atoms with Gasteiger partial charge in [0.25, 0.3) is 0 Å². The van der Waals surface area contributed by atoms with Crippen LogP contribution in [0.1, 0.15) is 18.5 Å². The van der Waals surface area contributed by atoms with E-state index in [2.05, 4.69) is 26.0 Å². The molecule has 0 aliphatic rings. The molecule has 1 heterocycles. The summed E-state index contributed by atoms with van der Waals surface area (Å²) in [6, 6.07) is 16.9. The fourth-order valence-electron chi connectivity index (χ4n) is 2.20. The average Bonchev–Trinajstić information content (AvgIpc) is 2.58. The molecule has 0 aliphatic carbocycles. The molecule has 0 radical (unpaired) electrons. The van der Waals surface area contributed by atoms with Crippen molar-refractivity contribution in [2.75, 3.05) is 10.6 Å². The third-order valence-corrected chi connectivity index (χ3v) is 3.44. The lowest BCUT2D eigenvalue weighted by molar-refractivity contribution is 0.475. The molecule has 23 heavy (non-hydrogen) atoms. The summed E-state index contributed by atoms with van der Waals surface area (Å²) < 4.78 is 0. The molecule has 0 fully saturated rings. The summed E-state index contributed by atoms with van der Waals surface area (Å²) >= 11 is 0. The molecule has 1 unspecified atom stereocenters. The SMILES string of the molecule is CC(Nc1cnnnc1Nc1ccccc1)c1ccc(O)cc1. The van der Waals surface area contributed by atoms with E-state index in [0.29, 0.717) is 5.82 Å². The maximum absolute atomic E-state index is 9.38. The molecule has 3 rings (SSSR count). The molecule has 0 amide bonds. The van der Waals surface area contributed by atoms with Crippen LogP contribution in [0.5, 0.6) is 5.75 Å². The summed E-state index contributed by atoms with van der Waals surface area (Å²) in [7, 11) is 0. The molecule has 0 saturated heterocycles. The number of aromatic nitrogens is 3. The highest BCUT2D eigenvalue weighted by molar-refractivity contribution is 5.69. The standard InChI is InChI=1S/C17H17N5O/c1-12(13-7-9-15(23)10-8-13)19-16-11-18-22-21-17(16)20-14-5-3-2-4-6-14/h2-12,23H,1H3,(H,19,22)(H,18,20,21). The second-order valence-electron chi connectivity index (χ2n) is 5.14. The van der Waals surface area contributed by atoms with Crippen LogP contribution in [0.15, 0.2) is 60.8 Å². The second-order valence-corrected chi connectivity index (χ2v) is 5.14. The van der Waals surface area contributed by atoms with Crippen molar-refractivity contribution in [3.8, 4) is 5.75 Å². The number of para-hydroxylation sites is 1. The molecule has 0 aliphatic heterocycles. The van der Waals surface area contributed by atoms with Gasteiger partial charge in [0.2, 0.25) is 0 Å². The number of nitrogens with one attached hydrogen (secondary N) is 2. The van der Waals surface area contributed by atoms with Crippen molar-refractivity contribution < 1.29 is 5.11 Å². The number of phenols is 1. The first kappa shape index (κ1) is 14.8. The first-order valence-corrected chi connectivity index (χ1v) is 7.28. The number of hydrogen-bond donors (Lipinski definition) is 3. The fraction of sp³-hybridized carbons (Fsp3) is 0.118.